The Labute approximate surface area is 147 Å². The summed E-state index contributed by atoms with van der Waals surface area (Å²) in [5, 5.41) is 0. The summed E-state index contributed by atoms with van der Waals surface area (Å²) in [7, 11) is 0. The number of amides is 1. The zero-order valence-corrected chi connectivity index (χ0v) is 14.8. The number of nitrogens with zero attached hydrogens (tertiary/aromatic N) is 3. The number of carbonyl (C=O) groups excluding carboxylic acids is 1. The van der Waals surface area contributed by atoms with Crippen LogP contribution >= 0.6 is 0 Å². The second-order valence-electron chi connectivity index (χ2n) is 7.61. The van der Waals surface area contributed by atoms with E-state index in [1.807, 2.05) is 24.0 Å². The van der Waals surface area contributed by atoms with E-state index in [2.05, 4.69) is 4.98 Å². The third-order valence-electron chi connectivity index (χ3n) is 5.96. The van der Waals surface area contributed by atoms with Crippen LogP contribution in [0.4, 0.5) is 0 Å². The van der Waals surface area contributed by atoms with Crippen LogP contribution in [0.25, 0.3) is 5.65 Å². The number of aromatic nitrogens is 2. The molecule has 1 spiro atoms. The molecule has 0 unspecified atom stereocenters. The molecule has 4 rings (SSSR count). The highest BCUT2D eigenvalue weighted by atomic mass is 16.2. The number of pyridine rings is 1. The van der Waals surface area contributed by atoms with E-state index in [-0.39, 0.29) is 22.6 Å². The molecule has 2 aromatic heterocycles. The molecule has 0 radical (unpaired) electrons. The summed E-state index contributed by atoms with van der Waals surface area (Å²) in [5.74, 6) is -0.132. The fraction of sp³-hybridized carbons (Fsp3) is 0.550. The summed E-state index contributed by atoms with van der Waals surface area (Å²) in [4.78, 5) is 32.5. The van der Waals surface area contributed by atoms with Crippen LogP contribution < -0.4 is 5.56 Å². The minimum Gasteiger partial charge on any atom is -0.333 e. The van der Waals surface area contributed by atoms with Crippen molar-refractivity contribution in [1.82, 2.24) is 14.3 Å². The van der Waals surface area contributed by atoms with E-state index in [1.165, 1.54) is 36.3 Å². The Morgan fingerprint density at radius 2 is 1.80 bits per heavy atom. The van der Waals surface area contributed by atoms with Crippen molar-refractivity contribution in [2.75, 3.05) is 6.54 Å². The van der Waals surface area contributed by atoms with Crippen LogP contribution in [-0.4, -0.2) is 32.3 Å². The number of carbonyl (C=O) groups is 1. The number of hydrogen-bond acceptors (Lipinski definition) is 3. The molecule has 3 heterocycles. The zero-order chi connectivity index (χ0) is 17.4. The topological polar surface area (TPSA) is 54.7 Å². The maximum absolute atomic E-state index is 13.3. The lowest BCUT2D eigenvalue weighted by molar-refractivity contribution is 0.0555. The number of rotatable bonds is 1. The van der Waals surface area contributed by atoms with Gasteiger partial charge in [-0.3, -0.25) is 14.0 Å². The highest BCUT2D eigenvalue weighted by molar-refractivity contribution is 5.94. The van der Waals surface area contributed by atoms with Crippen molar-refractivity contribution in [2.24, 2.45) is 0 Å². The summed E-state index contributed by atoms with van der Waals surface area (Å²) in [6.07, 6.45) is 12.3. The van der Waals surface area contributed by atoms with E-state index in [9.17, 15) is 9.59 Å². The van der Waals surface area contributed by atoms with Crippen molar-refractivity contribution < 1.29 is 4.79 Å². The molecule has 132 valence electrons. The lowest BCUT2D eigenvalue weighted by Crippen LogP contribution is -2.48. The van der Waals surface area contributed by atoms with E-state index in [4.69, 9.17) is 0 Å². The molecule has 0 aromatic carbocycles. The van der Waals surface area contributed by atoms with Crippen LogP contribution in [0, 0.1) is 6.92 Å². The van der Waals surface area contributed by atoms with E-state index in [0.29, 0.717) is 5.65 Å². The van der Waals surface area contributed by atoms with Crippen molar-refractivity contribution in [3.63, 3.8) is 0 Å². The van der Waals surface area contributed by atoms with Crippen molar-refractivity contribution in [3.05, 3.63) is 46.0 Å². The van der Waals surface area contributed by atoms with Gasteiger partial charge in [-0.15, -0.1) is 0 Å². The SMILES string of the molecule is Cc1ccc2ncc(C(=O)N3CCCC34CCCCCC4)c(=O)n2c1. The van der Waals surface area contributed by atoms with Crippen LogP contribution in [0.3, 0.4) is 0 Å². The Morgan fingerprint density at radius 1 is 1.08 bits per heavy atom. The molecule has 1 saturated heterocycles. The van der Waals surface area contributed by atoms with Gasteiger partial charge < -0.3 is 4.90 Å². The van der Waals surface area contributed by atoms with Gasteiger partial charge in [0.2, 0.25) is 0 Å². The van der Waals surface area contributed by atoms with Crippen LogP contribution in [0.1, 0.15) is 67.3 Å². The highest BCUT2D eigenvalue weighted by Gasteiger charge is 2.44. The number of hydrogen-bond donors (Lipinski definition) is 0. The first-order chi connectivity index (χ1) is 12.1. The van der Waals surface area contributed by atoms with Crippen LogP contribution in [0.2, 0.25) is 0 Å². The molecule has 1 aliphatic carbocycles. The molecule has 2 aliphatic rings. The van der Waals surface area contributed by atoms with Gasteiger partial charge in [-0.25, -0.2) is 4.98 Å². The van der Waals surface area contributed by atoms with E-state index in [1.54, 1.807) is 6.20 Å². The van der Waals surface area contributed by atoms with E-state index in [0.717, 1.165) is 37.8 Å². The van der Waals surface area contributed by atoms with Gasteiger partial charge in [0.25, 0.3) is 11.5 Å². The zero-order valence-electron chi connectivity index (χ0n) is 14.8. The molecule has 1 aliphatic heterocycles. The predicted octanol–water partition coefficient (Wildman–Crippen LogP) is 3.33. The van der Waals surface area contributed by atoms with Gasteiger partial charge in [-0.05, 0) is 44.2 Å². The molecule has 2 fully saturated rings. The van der Waals surface area contributed by atoms with Gasteiger partial charge in [-0.1, -0.05) is 31.7 Å². The monoisotopic (exact) mass is 339 g/mol. The fourth-order valence-electron chi connectivity index (χ4n) is 4.64. The minimum atomic E-state index is -0.255. The molecule has 1 amide bonds. The molecule has 2 aromatic rings. The van der Waals surface area contributed by atoms with Gasteiger partial charge >= 0.3 is 0 Å². The molecular formula is C20H25N3O2. The Bertz CT molecular complexity index is 863. The first-order valence-corrected chi connectivity index (χ1v) is 9.41. The van der Waals surface area contributed by atoms with Crippen molar-refractivity contribution >= 4 is 11.6 Å². The predicted molar refractivity (Wildman–Crippen MR) is 96.9 cm³/mol. The smallest absolute Gasteiger partial charge is 0.270 e. The number of fused-ring (bicyclic) bond motifs is 1. The summed E-state index contributed by atoms with van der Waals surface area (Å²) in [6.45, 7) is 2.69. The number of likely N-dealkylation sites (tertiary alicyclic amines) is 1. The lowest BCUT2D eigenvalue weighted by Gasteiger charge is -2.38. The number of aryl methyl sites for hydroxylation is 1. The highest BCUT2D eigenvalue weighted by Crippen LogP contribution is 2.41. The van der Waals surface area contributed by atoms with Gasteiger partial charge in [0.15, 0.2) is 0 Å². The Hall–Kier alpha value is -2.17. The summed E-state index contributed by atoms with van der Waals surface area (Å²) in [5.41, 5.74) is 1.47. The molecule has 25 heavy (non-hydrogen) atoms. The largest absolute Gasteiger partial charge is 0.333 e. The Balaban J connectivity index is 1.74. The summed E-state index contributed by atoms with van der Waals surface area (Å²) >= 11 is 0. The maximum Gasteiger partial charge on any atom is 0.270 e. The van der Waals surface area contributed by atoms with E-state index >= 15 is 0 Å². The van der Waals surface area contributed by atoms with Crippen LogP contribution in [0.15, 0.2) is 29.3 Å². The maximum atomic E-state index is 13.3. The van der Waals surface area contributed by atoms with Crippen molar-refractivity contribution in [3.8, 4) is 0 Å². The van der Waals surface area contributed by atoms with Crippen LogP contribution in [-0.2, 0) is 0 Å². The average Bonchev–Trinajstić information content (AvgIpc) is 2.86. The summed E-state index contributed by atoms with van der Waals surface area (Å²) in [6, 6.07) is 3.73. The fourth-order valence-corrected chi connectivity index (χ4v) is 4.64. The molecular weight excluding hydrogens is 314 g/mol. The minimum absolute atomic E-state index is 0.0355. The van der Waals surface area contributed by atoms with Crippen LogP contribution in [0.5, 0.6) is 0 Å². The molecule has 1 saturated carbocycles. The summed E-state index contributed by atoms with van der Waals surface area (Å²) < 4.78 is 1.50. The first-order valence-electron chi connectivity index (χ1n) is 9.41. The molecule has 0 N–H and O–H groups in total. The van der Waals surface area contributed by atoms with Gasteiger partial charge in [-0.2, -0.15) is 0 Å². The van der Waals surface area contributed by atoms with Gasteiger partial charge in [0.05, 0.1) is 0 Å². The molecule has 5 nitrogen and oxygen atoms in total. The third kappa shape index (κ3) is 2.75. The Morgan fingerprint density at radius 3 is 2.56 bits per heavy atom. The van der Waals surface area contributed by atoms with Gasteiger partial charge in [0.1, 0.15) is 11.2 Å². The van der Waals surface area contributed by atoms with Crippen molar-refractivity contribution in [2.45, 2.75) is 63.8 Å². The molecule has 0 bridgehead atoms. The normalized spacial score (nSPS) is 20.1. The third-order valence-corrected chi connectivity index (χ3v) is 5.96. The quantitative estimate of drug-likeness (QED) is 0.801. The first kappa shape index (κ1) is 16.3. The average molecular weight is 339 g/mol. The van der Waals surface area contributed by atoms with E-state index < -0.39 is 0 Å². The van der Waals surface area contributed by atoms with Crippen molar-refractivity contribution in [1.29, 1.82) is 0 Å². The lowest BCUT2D eigenvalue weighted by atomic mass is 9.87. The van der Waals surface area contributed by atoms with Gasteiger partial charge in [0, 0.05) is 24.5 Å². The molecule has 0 atom stereocenters. The second kappa shape index (κ2) is 6.28. The second-order valence-corrected chi connectivity index (χ2v) is 7.61. The Kier molecular flexibility index (Phi) is 4.10. The standard InChI is InChI=1S/C20H25N3O2/c1-15-7-8-17-21-13-16(18(24)22(17)14-15)19(25)23-12-6-11-20(23)9-4-2-3-5-10-20/h7-8,13-14H,2-6,9-12H2,1H3. The molecule has 5 heteroatoms.